The Morgan fingerprint density at radius 2 is 1.82 bits per heavy atom. The number of hydrogen-bond acceptors (Lipinski definition) is 6. The summed E-state index contributed by atoms with van der Waals surface area (Å²) < 4.78 is 33.9. The van der Waals surface area contributed by atoms with Crippen molar-refractivity contribution in [3.05, 3.63) is 72.6 Å². The molecular formula is C25H24N4O4S. The molecule has 174 valence electrons. The number of methoxy groups -OCH3 is 1. The molecule has 34 heavy (non-hydrogen) atoms. The van der Waals surface area contributed by atoms with Crippen LogP contribution in [0.3, 0.4) is 0 Å². The van der Waals surface area contributed by atoms with Crippen molar-refractivity contribution in [2.45, 2.75) is 17.7 Å². The number of H-pyrrole nitrogens is 1. The van der Waals surface area contributed by atoms with Crippen LogP contribution in [0.4, 0.5) is 11.4 Å². The minimum absolute atomic E-state index is 0.140. The van der Waals surface area contributed by atoms with E-state index in [2.05, 4.69) is 19.6 Å². The van der Waals surface area contributed by atoms with Crippen LogP contribution in [0.2, 0.25) is 0 Å². The van der Waals surface area contributed by atoms with Crippen LogP contribution < -0.4 is 9.62 Å². The fourth-order valence-corrected chi connectivity index (χ4v) is 5.47. The molecule has 1 saturated heterocycles. The van der Waals surface area contributed by atoms with Crippen LogP contribution in [-0.2, 0) is 14.8 Å². The summed E-state index contributed by atoms with van der Waals surface area (Å²) in [6.45, 7) is 1.95. The highest BCUT2D eigenvalue weighted by Crippen LogP contribution is 2.39. The molecule has 0 saturated carbocycles. The van der Waals surface area contributed by atoms with Gasteiger partial charge >= 0.3 is 5.97 Å². The van der Waals surface area contributed by atoms with E-state index >= 15 is 0 Å². The monoisotopic (exact) mass is 476 g/mol. The summed E-state index contributed by atoms with van der Waals surface area (Å²) in [4.78, 5) is 22.5. The molecule has 1 aliphatic heterocycles. The Morgan fingerprint density at radius 3 is 2.56 bits per heavy atom. The highest BCUT2D eigenvalue weighted by atomic mass is 32.2. The molecule has 1 fully saturated rings. The van der Waals surface area contributed by atoms with Crippen molar-refractivity contribution in [2.75, 3.05) is 29.8 Å². The zero-order chi connectivity index (χ0) is 23.7. The third-order valence-corrected chi connectivity index (χ3v) is 7.37. The maximum absolute atomic E-state index is 13.1. The second-order valence-corrected chi connectivity index (χ2v) is 9.79. The lowest BCUT2D eigenvalue weighted by atomic mass is 10.0. The lowest BCUT2D eigenvalue weighted by Crippen LogP contribution is -2.17. The molecule has 2 N–H and O–H groups in total. The van der Waals surface area contributed by atoms with Crippen molar-refractivity contribution in [3.63, 3.8) is 0 Å². The highest BCUT2D eigenvalue weighted by Gasteiger charge is 2.25. The average Bonchev–Trinajstić information content (AvgIpc) is 3.53. The fourth-order valence-electron chi connectivity index (χ4n) is 4.38. The molecule has 8 nitrogen and oxygen atoms in total. The second kappa shape index (κ2) is 8.83. The number of aromatic nitrogens is 2. The van der Waals surface area contributed by atoms with Crippen LogP contribution in [0.15, 0.2) is 71.8 Å². The van der Waals surface area contributed by atoms with Gasteiger partial charge in [0.05, 0.1) is 23.1 Å². The summed E-state index contributed by atoms with van der Waals surface area (Å²) in [5.74, 6) is -0.559. The largest absolute Gasteiger partial charge is 0.464 e. The quantitative estimate of drug-likeness (QED) is 0.399. The first kappa shape index (κ1) is 22.0. The molecule has 0 spiro atoms. The van der Waals surface area contributed by atoms with Gasteiger partial charge in [-0.05, 0) is 48.7 Å². The normalized spacial score (nSPS) is 13.9. The van der Waals surface area contributed by atoms with Crippen LogP contribution in [0.5, 0.6) is 0 Å². The average molecular weight is 477 g/mol. The molecule has 0 amide bonds. The van der Waals surface area contributed by atoms with Gasteiger partial charge in [-0.3, -0.25) is 4.72 Å². The molecule has 0 aliphatic carbocycles. The molecule has 9 heteroatoms. The highest BCUT2D eigenvalue weighted by molar-refractivity contribution is 7.92. The van der Waals surface area contributed by atoms with Crippen molar-refractivity contribution >= 4 is 38.4 Å². The number of aromatic amines is 1. The standard InChI is InChI=1S/C25H24N4O4S/c1-33-25(30)23-21(17-8-7-9-18(16-17)29-14-5-6-15-29)22-20(12-13-26-24(22)27-23)28-34(31,32)19-10-3-2-4-11-19/h2-4,7-13,16H,5-6,14-15H2,1H3,(H2,26,27,28). The first-order chi connectivity index (χ1) is 16.5. The van der Waals surface area contributed by atoms with Crippen LogP contribution in [0, 0.1) is 0 Å². The molecule has 0 atom stereocenters. The van der Waals surface area contributed by atoms with Crippen molar-refractivity contribution in [1.29, 1.82) is 0 Å². The lowest BCUT2D eigenvalue weighted by Gasteiger charge is -2.18. The summed E-state index contributed by atoms with van der Waals surface area (Å²) in [6.07, 6.45) is 3.77. The van der Waals surface area contributed by atoms with Crippen molar-refractivity contribution in [1.82, 2.24) is 9.97 Å². The number of carbonyl (C=O) groups is 1. The van der Waals surface area contributed by atoms with Gasteiger partial charge in [-0.2, -0.15) is 0 Å². The predicted octanol–water partition coefficient (Wildman–Crippen LogP) is 4.42. The number of nitrogens with one attached hydrogen (secondary N) is 2. The molecule has 0 unspecified atom stereocenters. The summed E-state index contributed by atoms with van der Waals surface area (Å²) in [7, 11) is -2.55. The summed E-state index contributed by atoms with van der Waals surface area (Å²) >= 11 is 0. The van der Waals surface area contributed by atoms with Crippen LogP contribution in [0.25, 0.3) is 22.2 Å². The molecule has 0 radical (unpaired) electrons. The molecule has 2 aromatic heterocycles. The molecule has 3 heterocycles. The van der Waals surface area contributed by atoms with Gasteiger partial charge in [-0.1, -0.05) is 30.3 Å². The van der Waals surface area contributed by atoms with Gasteiger partial charge in [-0.25, -0.2) is 18.2 Å². The number of esters is 1. The Balaban J connectivity index is 1.69. The van der Waals surface area contributed by atoms with Gasteiger partial charge in [0.2, 0.25) is 0 Å². The fraction of sp³-hybridized carbons (Fsp3) is 0.200. The molecule has 0 bridgehead atoms. The van der Waals surface area contributed by atoms with Gasteiger partial charge in [0.15, 0.2) is 0 Å². The first-order valence-electron chi connectivity index (χ1n) is 11.0. The third kappa shape index (κ3) is 3.99. The molecule has 5 rings (SSSR count). The summed E-state index contributed by atoms with van der Waals surface area (Å²) in [6, 6.07) is 17.6. The van der Waals surface area contributed by atoms with E-state index in [4.69, 9.17) is 4.74 Å². The maximum atomic E-state index is 13.1. The van der Waals surface area contributed by atoms with E-state index in [1.807, 2.05) is 24.3 Å². The van der Waals surface area contributed by atoms with Gasteiger partial charge < -0.3 is 14.6 Å². The van der Waals surface area contributed by atoms with Crippen LogP contribution >= 0.6 is 0 Å². The van der Waals surface area contributed by atoms with Gasteiger partial charge in [0, 0.05) is 30.5 Å². The van der Waals surface area contributed by atoms with E-state index in [9.17, 15) is 13.2 Å². The van der Waals surface area contributed by atoms with Gasteiger partial charge in [0.1, 0.15) is 11.3 Å². The number of fused-ring (bicyclic) bond motifs is 1. The second-order valence-electron chi connectivity index (χ2n) is 8.11. The Kier molecular flexibility index (Phi) is 5.70. The van der Waals surface area contributed by atoms with E-state index < -0.39 is 16.0 Å². The minimum Gasteiger partial charge on any atom is -0.464 e. The topological polar surface area (TPSA) is 104 Å². The number of pyridine rings is 1. The predicted molar refractivity (Wildman–Crippen MR) is 132 cm³/mol. The zero-order valence-electron chi connectivity index (χ0n) is 18.6. The van der Waals surface area contributed by atoms with E-state index in [0.717, 1.165) is 37.2 Å². The maximum Gasteiger partial charge on any atom is 0.355 e. The van der Waals surface area contributed by atoms with Crippen molar-refractivity contribution < 1.29 is 17.9 Å². The number of nitrogens with zero attached hydrogens (tertiary/aromatic N) is 2. The lowest BCUT2D eigenvalue weighted by molar-refractivity contribution is 0.0596. The Hall–Kier alpha value is -3.85. The zero-order valence-corrected chi connectivity index (χ0v) is 19.4. The minimum atomic E-state index is -3.86. The Morgan fingerprint density at radius 1 is 1.06 bits per heavy atom. The van der Waals surface area contributed by atoms with E-state index in [-0.39, 0.29) is 10.6 Å². The van der Waals surface area contributed by atoms with Crippen LogP contribution in [-0.4, -0.2) is 44.6 Å². The third-order valence-electron chi connectivity index (χ3n) is 5.99. The molecule has 1 aliphatic rings. The molecule has 4 aromatic rings. The summed E-state index contributed by atoms with van der Waals surface area (Å²) in [5, 5.41) is 0.501. The molecule has 2 aromatic carbocycles. The Bertz CT molecular complexity index is 1460. The Labute approximate surface area is 197 Å². The van der Waals surface area contributed by atoms with Crippen molar-refractivity contribution in [2.24, 2.45) is 0 Å². The van der Waals surface area contributed by atoms with E-state index in [0.29, 0.717) is 22.3 Å². The number of hydrogen-bond donors (Lipinski definition) is 2. The number of rotatable bonds is 6. The van der Waals surface area contributed by atoms with E-state index in [1.54, 1.807) is 24.3 Å². The number of anilines is 2. The SMILES string of the molecule is COC(=O)c1[nH]c2nccc(NS(=O)(=O)c3ccccc3)c2c1-c1cccc(N2CCCC2)c1. The first-order valence-corrected chi connectivity index (χ1v) is 12.5. The number of ether oxygens (including phenoxy) is 1. The van der Waals surface area contributed by atoms with Crippen molar-refractivity contribution in [3.8, 4) is 11.1 Å². The van der Waals surface area contributed by atoms with E-state index in [1.165, 1.54) is 25.4 Å². The van der Waals surface area contributed by atoms with Gasteiger partial charge in [0.25, 0.3) is 10.0 Å². The summed E-state index contributed by atoms with van der Waals surface area (Å²) in [5.41, 5.74) is 3.29. The number of sulfonamides is 1. The van der Waals surface area contributed by atoms with Gasteiger partial charge in [-0.15, -0.1) is 0 Å². The molecular weight excluding hydrogens is 452 g/mol. The van der Waals surface area contributed by atoms with Crippen LogP contribution in [0.1, 0.15) is 23.3 Å². The number of benzene rings is 2. The smallest absolute Gasteiger partial charge is 0.355 e. The number of carbonyl (C=O) groups excluding carboxylic acids is 1.